The van der Waals surface area contributed by atoms with Gasteiger partial charge in [-0.05, 0) is 49.3 Å². The first-order valence-electron chi connectivity index (χ1n) is 12.7. The fraction of sp³-hybridized carbons (Fsp3) is 0.577. The number of ether oxygens (including phenoxy) is 2. The summed E-state index contributed by atoms with van der Waals surface area (Å²) >= 11 is 5.97. The number of benzene rings is 1. The number of nitrogens with one attached hydrogen (secondary N) is 1. The number of aliphatic carboxylic acids is 1. The summed E-state index contributed by atoms with van der Waals surface area (Å²) < 4.78 is 37.8. The normalized spacial score (nSPS) is 20.6. The van der Waals surface area contributed by atoms with E-state index >= 15 is 0 Å². The molecular weight excluding hydrogens is 522 g/mol. The number of hydrogen-bond acceptors (Lipinski definition) is 6. The molecule has 208 valence electrons. The lowest BCUT2D eigenvalue weighted by Gasteiger charge is -2.42. The molecule has 0 spiro atoms. The molecule has 2 aliphatic heterocycles. The summed E-state index contributed by atoms with van der Waals surface area (Å²) in [5.41, 5.74) is -0.177. The summed E-state index contributed by atoms with van der Waals surface area (Å²) in [5, 5.41) is 17.3. The van der Waals surface area contributed by atoms with Crippen LogP contribution >= 0.6 is 11.6 Å². The van der Waals surface area contributed by atoms with Gasteiger partial charge in [0, 0.05) is 49.2 Å². The number of alkyl halides is 2. The van der Waals surface area contributed by atoms with Crippen molar-refractivity contribution in [1.29, 1.82) is 0 Å². The molecule has 2 N–H and O–H groups in total. The summed E-state index contributed by atoms with van der Waals surface area (Å²) in [4.78, 5) is 28.0. The minimum atomic E-state index is -3.09. The van der Waals surface area contributed by atoms with Gasteiger partial charge in [0.1, 0.15) is 5.54 Å². The van der Waals surface area contributed by atoms with Crippen LogP contribution in [0.25, 0.3) is 0 Å². The molecule has 0 saturated carbocycles. The Balaban J connectivity index is 1.59. The maximum Gasteiger partial charge on any atom is 0.387 e. The zero-order chi connectivity index (χ0) is 27.4. The van der Waals surface area contributed by atoms with Gasteiger partial charge in [-0.3, -0.25) is 14.3 Å². The second kappa shape index (κ2) is 12.0. The van der Waals surface area contributed by atoms with E-state index in [1.807, 2.05) is 19.9 Å². The van der Waals surface area contributed by atoms with Crippen molar-refractivity contribution in [2.45, 2.75) is 51.2 Å². The molecule has 2 aliphatic rings. The lowest BCUT2D eigenvalue weighted by molar-refractivity contribution is -0.145. The summed E-state index contributed by atoms with van der Waals surface area (Å²) in [6.45, 7) is 3.20. The van der Waals surface area contributed by atoms with Crippen molar-refractivity contribution in [3.8, 4) is 5.75 Å². The van der Waals surface area contributed by atoms with Crippen LogP contribution in [0, 0.1) is 11.8 Å². The molecule has 9 nitrogen and oxygen atoms in total. The number of piperidine rings is 1. The Hall–Kier alpha value is -2.76. The second-order valence-electron chi connectivity index (χ2n) is 10.2. The fourth-order valence-electron chi connectivity index (χ4n) is 5.36. The third-order valence-corrected chi connectivity index (χ3v) is 7.72. The Labute approximate surface area is 225 Å². The van der Waals surface area contributed by atoms with Gasteiger partial charge < -0.3 is 24.8 Å². The Kier molecular flexibility index (Phi) is 8.89. The third-order valence-electron chi connectivity index (χ3n) is 7.49. The standard InChI is InChI=1S/C26H33ClF2N4O5/c1-16(2)21-5-9-30-33(21)26(24(36)31-20-4-3-18(27)13-22(20)38-25(28)29)7-10-32(11-8-26)14-19(23(34)35)17-6-12-37-15-17/h3-5,9,13,16-17,19,25H,6-8,10-12,14-15H2,1-2H3,(H,31,36)(H,34,35)/t17-,19-/m1/s1. The largest absolute Gasteiger partial charge is 0.481 e. The number of carboxylic acids is 1. The quantitative estimate of drug-likeness (QED) is 0.447. The molecule has 2 atom stereocenters. The van der Waals surface area contributed by atoms with Gasteiger partial charge >= 0.3 is 12.6 Å². The minimum absolute atomic E-state index is 0.0423. The van der Waals surface area contributed by atoms with Gasteiger partial charge in [0.25, 0.3) is 5.91 Å². The summed E-state index contributed by atoms with van der Waals surface area (Å²) in [5.74, 6) is -2.02. The molecule has 0 aliphatic carbocycles. The number of aromatic nitrogens is 2. The first-order chi connectivity index (χ1) is 18.1. The Morgan fingerprint density at radius 2 is 2.03 bits per heavy atom. The van der Waals surface area contributed by atoms with Crippen molar-refractivity contribution in [3.05, 3.63) is 41.2 Å². The van der Waals surface area contributed by atoms with E-state index in [1.165, 1.54) is 18.2 Å². The maximum atomic E-state index is 14.0. The zero-order valence-corrected chi connectivity index (χ0v) is 22.2. The SMILES string of the molecule is CC(C)c1ccnn1C1(C(=O)Nc2ccc(Cl)cc2OC(F)F)CCN(C[C@@H](C(=O)O)[C@@H]2CCOC2)CC1. The molecular formula is C26H33ClF2N4O5. The molecule has 2 aromatic rings. The molecule has 1 aromatic carbocycles. The molecule has 1 amide bonds. The smallest absolute Gasteiger partial charge is 0.387 e. The topological polar surface area (TPSA) is 106 Å². The predicted octanol–water partition coefficient (Wildman–Crippen LogP) is 4.43. The summed E-state index contributed by atoms with van der Waals surface area (Å²) in [6.07, 6.45) is 3.07. The summed E-state index contributed by atoms with van der Waals surface area (Å²) in [6, 6.07) is 6.00. The van der Waals surface area contributed by atoms with Gasteiger partial charge in [-0.1, -0.05) is 25.4 Å². The van der Waals surface area contributed by atoms with Crippen molar-refractivity contribution in [2.75, 3.05) is 38.2 Å². The number of rotatable bonds is 10. The van der Waals surface area contributed by atoms with E-state index in [-0.39, 0.29) is 28.3 Å². The van der Waals surface area contributed by atoms with Gasteiger partial charge in [0.05, 0.1) is 18.2 Å². The van der Waals surface area contributed by atoms with Crippen molar-refractivity contribution >= 4 is 29.2 Å². The van der Waals surface area contributed by atoms with Gasteiger partial charge in [-0.15, -0.1) is 0 Å². The minimum Gasteiger partial charge on any atom is -0.481 e. The fourth-order valence-corrected chi connectivity index (χ4v) is 5.52. The van der Waals surface area contributed by atoms with E-state index in [0.29, 0.717) is 52.1 Å². The van der Waals surface area contributed by atoms with Crippen molar-refractivity contribution < 1.29 is 33.0 Å². The van der Waals surface area contributed by atoms with Crippen LogP contribution in [0.15, 0.2) is 30.5 Å². The van der Waals surface area contributed by atoms with Crippen LogP contribution in [0.1, 0.15) is 44.7 Å². The zero-order valence-electron chi connectivity index (χ0n) is 21.4. The molecule has 1 aromatic heterocycles. The average Bonchev–Trinajstić information content (AvgIpc) is 3.57. The Morgan fingerprint density at radius 3 is 2.63 bits per heavy atom. The molecule has 0 unspecified atom stereocenters. The number of carbonyl (C=O) groups is 2. The van der Waals surface area contributed by atoms with E-state index in [1.54, 1.807) is 10.9 Å². The third kappa shape index (κ3) is 6.10. The highest BCUT2D eigenvalue weighted by Crippen LogP contribution is 2.37. The van der Waals surface area contributed by atoms with Crippen LogP contribution < -0.4 is 10.1 Å². The lowest BCUT2D eigenvalue weighted by Crippen LogP contribution is -2.55. The van der Waals surface area contributed by atoms with Crippen molar-refractivity contribution in [3.63, 3.8) is 0 Å². The molecule has 3 heterocycles. The summed E-state index contributed by atoms with van der Waals surface area (Å²) in [7, 11) is 0. The number of anilines is 1. The second-order valence-corrected chi connectivity index (χ2v) is 10.6. The average molecular weight is 555 g/mol. The maximum absolute atomic E-state index is 14.0. The van der Waals surface area contributed by atoms with Gasteiger partial charge in [-0.2, -0.15) is 13.9 Å². The molecule has 0 bridgehead atoms. The number of hydrogen-bond donors (Lipinski definition) is 2. The molecule has 0 radical (unpaired) electrons. The number of nitrogens with zero attached hydrogens (tertiary/aromatic N) is 3. The van der Waals surface area contributed by atoms with Crippen molar-refractivity contribution in [1.82, 2.24) is 14.7 Å². The molecule has 4 rings (SSSR count). The van der Waals surface area contributed by atoms with E-state index in [2.05, 4.69) is 20.1 Å². The highest BCUT2D eigenvalue weighted by molar-refractivity contribution is 6.30. The van der Waals surface area contributed by atoms with E-state index in [9.17, 15) is 23.5 Å². The molecule has 38 heavy (non-hydrogen) atoms. The van der Waals surface area contributed by atoms with Crippen LogP contribution in [-0.4, -0.2) is 71.1 Å². The predicted molar refractivity (Wildman–Crippen MR) is 137 cm³/mol. The van der Waals surface area contributed by atoms with Crippen LogP contribution in [0.4, 0.5) is 14.5 Å². The van der Waals surface area contributed by atoms with Crippen LogP contribution in [-0.2, 0) is 19.9 Å². The van der Waals surface area contributed by atoms with Crippen LogP contribution in [0.2, 0.25) is 5.02 Å². The van der Waals surface area contributed by atoms with E-state index in [4.69, 9.17) is 16.3 Å². The van der Waals surface area contributed by atoms with Crippen LogP contribution in [0.5, 0.6) is 5.75 Å². The van der Waals surface area contributed by atoms with Crippen LogP contribution in [0.3, 0.4) is 0 Å². The number of carboxylic acid groups (broad SMARTS) is 1. The number of likely N-dealkylation sites (tertiary alicyclic amines) is 1. The molecule has 12 heteroatoms. The monoisotopic (exact) mass is 554 g/mol. The Morgan fingerprint density at radius 1 is 1.29 bits per heavy atom. The van der Waals surface area contributed by atoms with Gasteiger partial charge in [-0.25, -0.2) is 0 Å². The Bertz CT molecular complexity index is 1130. The number of carbonyl (C=O) groups excluding carboxylic acids is 1. The van der Waals surface area contributed by atoms with Gasteiger partial charge in [0.2, 0.25) is 0 Å². The van der Waals surface area contributed by atoms with Crippen molar-refractivity contribution in [2.24, 2.45) is 11.8 Å². The first-order valence-corrected chi connectivity index (χ1v) is 13.1. The highest BCUT2D eigenvalue weighted by Gasteiger charge is 2.46. The van der Waals surface area contributed by atoms with Gasteiger partial charge in [0.15, 0.2) is 5.75 Å². The molecule has 2 saturated heterocycles. The number of halogens is 3. The van der Waals surface area contributed by atoms with E-state index < -0.39 is 29.9 Å². The molecule has 2 fully saturated rings. The number of amides is 1. The first kappa shape index (κ1) is 28.3. The lowest BCUT2D eigenvalue weighted by atomic mass is 9.84. The highest BCUT2D eigenvalue weighted by atomic mass is 35.5. The van der Waals surface area contributed by atoms with E-state index in [0.717, 1.165) is 5.69 Å².